The molecule has 1 aliphatic carbocycles. The normalized spacial score (nSPS) is 18.5. The molecule has 2 aromatic carbocycles. The molecule has 1 atom stereocenters. The molecule has 1 fully saturated rings. The predicted octanol–water partition coefficient (Wildman–Crippen LogP) is 4.10. The highest BCUT2D eigenvalue weighted by Crippen LogP contribution is 2.30. The number of ether oxygens (including phenoxy) is 1. The summed E-state index contributed by atoms with van der Waals surface area (Å²) in [7, 11) is 1.76. The third-order valence-corrected chi connectivity index (χ3v) is 6.66. The van der Waals surface area contributed by atoms with Crippen molar-refractivity contribution < 1.29 is 14.3 Å². The van der Waals surface area contributed by atoms with Gasteiger partial charge in [0, 0.05) is 30.3 Å². The van der Waals surface area contributed by atoms with Crippen LogP contribution in [0.15, 0.2) is 48.5 Å². The summed E-state index contributed by atoms with van der Waals surface area (Å²) in [5, 5.41) is 6.70. The van der Waals surface area contributed by atoms with E-state index in [-0.39, 0.29) is 35.8 Å². The van der Waals surface area contributed by atoms with E-state index >= 15 is 0 Å². The van der Waals surface area contributed by atoms with Gasteiger partial charge in [0.05, 0.1) is 12.6 Å². The summed E-state index contributed by atoms with van der Waals surface area (Å²) in [4.78, 5) is 24.6. The molecule has 7 nitrogen and oxygen atoms in total. The molecular weight excluding hydrogens is 452 g/mol. The second-order valence-corrected chi connectivity index (χ2v) is 9.10. The summed E-state index contributed by atoms with van der Waals surface area (Å²) < 4.78 is 5.42. The number of hydrogen-bond acceptors (Lipinski definition) is 5. The molecular formula is C26H35ClN4O3. The van der Waals surface area contributed by atoms with Crippen LogP contribution in [0.1, 0.15) is 72.5 Å². The molecule has 0 aromatic heterocycles. The van der Waals surface area contributed by atoms with Crippen molar-refractivity contribution in [3.05, 3.63) is 65.2 Å². The van der Waals surface area contributed by atoms with Crippen molar-refractivity contribution in [3.63, 3.8) is 0 Å². The van der Waals surface area contributed by atoms with Crippen molar-refractivity contribution in [2.45, 2.75) is 56.5 Å². The summed E-state index contributed by atoms with van der Waals surface area (Å²) >= 11 is 0. The third-order valence-electron chi connectivity index (χ3n) is 6.66. The zero-order valence-electron chi connectivity index (χ0n) is 19.7. The number of fused-ring (bicyclic) bond motifs is 1. The monoisotopic (exact) mass is 486 g/mol. The van der Waals surface area contributed by atoms with Gasteiger partial charge < -0.3 is 15.4 Å². The smallest absolute Gasteiger partial charge is 0.265 e. The summed E-state index contributed by atoms with van der Waals surface area (Å²) in [5.41, 5.74) is 9.25. The van der Waals surface area contributed by atoms with Crippen molar-refractivity contribution in [3.8, 4) is 0 Å². The van der Waals surface area contributed by atoms with Crippen LogP contribution in [0, 0.1) is 0 Å². The van der Waals surface area contributed by atoms with E-state index in [1.165, 1.54) is 25.7 Å². The fraction of sp³-hybridized carbons (Fsp3) is 0.462. The molecule has 1 unspecified atom stereocenters. The van der Waals surface area contributed by atoms with E-state index < -0.39 is 0 Å². The van der Waals surface area contributed by atoms with Crippen LogP contribution in [0.3, 0.4) is 0 Å². The second-order valence-electron chi connectivity index (χ2n) is 9.10. The quantitative estimate of drug-likeness (QED) is 0.379. The van der Waals surface area contributed by atoms with Gasteiger partial charge in [0.15, 0.2) is 0 Å². The number of hydrogen-bond donors (Lipinski definition) is 4. The molecule has 0 saturated heterocycles. The fourth-order valence-electron chi connectivity index (χ4n) is 4.99. The number of carbonyl (C=O) groups excluding carboxylic acids is 2. The average Bonchev–Trinajstić information content (AvgIpc) is 3.28. The van der Waals surface area contributed by atoms with Crippen LogP contribution in [0.5, 0.6) is 0 Å². The number of halogens is 1. The molecule has 1 saturated carbocycles. The highest BCUT2D eigenvalue weighted by atomic mass is 35.5. The van der Waals surface area contributed by atoms with E-state index in [9.17, 15) is 9.59 Å². The Balaban J connectivity index is 0.00000324. The van der Waals surface area contributed by atoms with E-state index in [1.54, 1.807) is 7.11 Å². The van der Waals surface area contributed by atoms with Gasteiger partial charge in [0.1, 0.15) is 0 Å². The molecule has 34 heavy (non-hydrogen) atoms. The van der Waals surface area contributed by atoms with E-state index in [2.05, 4.69) is 21.5 Å². The Morgan fingerprint density at radius 3 is 2.71 bits per heavy atom. The Kier molecular flexibility index (Phi) is 9.47. The Hall–Kier alpha value is -2.45. The Morgan fingerprint density at radius 1 is 1.12 bits per heavy atom. The van der Waals surface area contributed by atoms with Crippen LogP contribution in [0.25, 0.3) is 0 Å². The number of methoxy groups -OCH3 is 1. The minimum absolute atomic E-state index is 0. The number of nitrogens with one attached hydrogen (secondary N) is 4. The molecule has 1 heterocycles. The average molecular weight is 487 g/mol. The molecule has 0 spiro atoms. The lowest BCUT2D eigenvalue weighted by Gasteiger charge is -2.29. The van der Waals surface area contributed by atoms with E-state index in [0.29, 0.717) is 12.0 Å². The molecule has 2 aromatic rings. The molecule has 184 valence electrons. The summed E-state index contributed by atoms with van der Waals surface area (Å²) in [6.45, 7) is 1.67. The molecule has 0 radical (unpaired) electrons. The number of amides is 2. The van der Waals surface area contributed by atoms with E-state index in [4.69, 9.17) is 4.74 Å². The van der Waals surface area contributed by atoms with Gasteiger partial charge >= 0.3 is 0 Å². The molecule has 8 heteroatoms. The number of anilines is 1. The maximum Gasteiger partial charge on any atom is 0.265 e. The first-order chi connectivity index (χ1) is 16.1. The number of unbranched alkanes of at least 4 members (excludes halogenated alkanes) is 1. The minimum Gasteiger partial charge on any atom is -0.383 e. The van der Waals surface area contributed by atoms with Gasteiger partial charge in [0.25, 0.3) is 5.91 Å². The first-order valence-corrected chi connectivity index (χ1v) is 11.9. The lowest BCUT2D eigenvalue weighted by Crippen LogP contribution is -2.47. The third kappa shape index (κ3) is 6.36. The lowest BCUT2D eigenvalue weighted by molar-refractivity contribution is -0.116. The van der Waals surface area contributed by atoms with Crippen LogP contribution in [0.4, 0.5) is 5.69 Å². The molecule has 2 amide bonds. The minimum atomic E-state index is -0.170. The van der Waals surface area contributed by atoms with E-state index in [1.807, 2.05) is 48.5 Å². The highest BCUT2D eigenvalue weighted by molar-refractivity contribution is 5.96. The summed E-state index contributed by atoms with van der Waals surface area (Å²) in [6, 6.07) is 15.2. The van der Waals surface area contributed by atoms with Gasteiger partial charge in [-0.2, -0.15) is 0 Å². The SMILES string of the molecule is COCC1(NCCCCC(=O)Nc2cccc(C3NNC(=O)c4ccccc43)c2)CCCC1.Cl. The maximum absolute atomic E-state index is 12.5. The van der Waals surface area contributed by atoms with Crippen molar-refractivity contribution >= 4 is 29.9 Å². The van der Waals surface area contributed by atoms with Crippen molar-refractivity contribution in [2.24, 2.45) is 0 Å². The largest absolute Gasteiger partial charge is 0.383 e. The Bertz CT molecular complexity index is 978. The van der Waals surface area contributed by atoms with Crippen LogP contribution < -0.4 is 21.5 Å². The van der Waals surface area contributed by atoms with Gasteiger partial charge in [-0.1, -0.05) is 43.2 Å². The zero-order valence-corrected chi connectivity index (χ0v) is 20.5. The summed E-state index contributed by atoms with van der Waals surface area (Å²) in [6.07, 6.45) is 7.14. The van der Waals surface area contributed by atoms with Crippen molar-refractivity contribution in [1.82, 2.24) is 16.2 Å². The number of hydrazine groups is 1. The summed E-state index contributed by atoms with van der Waals surface area (Å²) in [5.74, 6) is -0.119. The molecule has 1 aliphatic heterocycles. The van der Waals surface area contributed by atoms with Crippen LogP contribution in [-0.4, -0.2) is 37.6 Å². The van der Waals surface area contributed by atoms with Gasteiger partial charge in [-0.3, -0.25) is 15.0 Å². The predicted molar refractivity (Wildman–Crippen MR) is 136 cm³/mol. The highest BCUT2D eigenvalue weighted by Gasteiger charge is 2.32. The zero-order chi connectivity index (χ0) is 23.1. The lowest BCUT2D eigenvalue weighted by atomic mass is 9.93. The van der Waals surface area contributed by atoms with Crippen LogP contribution in [-0.2, 0) is 9.53 Å². The molecule has 4 N–H and O–H groups in total. The topological polar surface area (TPSA) is 91.5 Å². The molecule has 4 rings (SSSR count). The Morgan fingerprint density at radius 2 is 1.91 bits per heavy atom. The number of benzene rings is 2. The molecule has 2 aliphatic rings. The number of rotatable bonds is 10. The standard InChI is InChI=1S/C26H34N4O3.ClH/c1-33-18-26(14-5-6-15-26)27-16-7-4-13-23(31)28-20-10-8-9-19(17-20)24-21-11-2-3-12-22(21)25(32)30-29-24;/h2-3,8-12,17,24,27,29H,4-7,13-16,18H2,1H3,(H,28,31)(H,30,32);1H. The van der Waals surface area contributed by atoms with Gasteiger partial charge in [0.2, 0.25) is 5.91 Å². The van der Waals surface area contributed by atoms with Crippen LogP contribution in [0.2, 0.25) is 0 Å². The first kappa shape index (κ1) is 26.2. The van der Waals surface area contributed by atoms with Crippen molar-refractivity contribution in [2.75, 3.05) is 25.6 Å². The van der Waals surface area contributed by atoms with Crippen LogP contribution >= 0.6 is 12.4 Å². The second kappa shape index (κ2) is 12.3. The van der Waals surface area contributed by atoms with Crippen molar-refractivity contribution in [1.29, 1.82) is 0 Å². The van der Waals surface area contributed by atoms with Gasteiger partial charge in [-0.15, -0.1) is 12.4 Å². The van der Waals surface area contributed by atoms with Gasteiger partial charge in [-0.25, -0.2) is 5.43 Å². The van der Waals surface area contributed by atoms with E-state index in [0.717, 1.165) is 42.8 Å². The molecule has 0 bridgehead atoms. The first-order valence-electron chi connectivity index (χ1n) is 11.9. The Labute approximate surface area is 207 Å². The van der Waals surface area contributed by atoms with Gasteiger partial charge in [-0.05, 0) is 61.6 Å². The maximum atomic E-state index is 12.5. The fourth-order valence-corrected chi connectivity index (χ4v) is 4.99. The number of carbonyl (C=O) groups is 2.